The van der Waals surface area contributed by atoms with Gasteiger partial charge in [0.05, 0.1) is 18.5 Å². The number of hydrogen-bond donors (Lipinski definition) is 1. The van der Waals surface area contributed by atoms with Gasteiger partial charge in [-0.25, -0.2) is 4.84 Å². The largest absolute Gasteiger partial charge is 0.346 e. The fourth-order valence-corrected chi connectivity index (χ4v) is 2.07. The minimum Gasteiger partial charge on any atom is -0.346 e. The molecule has 2 aromatic rings. The zero-order chi connectivity index (χ0) is 15.2. The lowest BCUT2D eigenvalue weighted by molar-refractivity contribution is -0.272. The summed E-state index contributed by atoms with van der Waals surface area (Å²) in [6.07, 6.45) is 3.32. The lowest BCUT2D eigenvalue weighted by Gasteiger charge is -2.24. The smallest absolute Gasteiger partial charge is 0.183 e. The first-order valence-electron chi connectivity index (χ1n) is 7.22. The molecule has 0 amide bonds. The molecule has 1 unspecified atom stereocenters. The lowest BCUT2D eigenvalue weighted by Crippen LogP contribution is -2.41. The molecule has 5 nitrogen and oxygen atoms in total. The molecule has 1 atom stereocenters. The van der Waals surface area contributed by atoms with Crippen LogP contribution in [0.25, 0.3) is 0 Å². The Morgan fingerprint density at radius 3 is 2.36 bits per heavy atom. The maximum Gasteiger partial charge on any atom is 0.183 e. The minimum atomic E-state index is -0.368. The molecule has 0 aromatic heterocycles. The van der Waals surface area contributed by atoms with Gasteiger partial charge in [-0.05, 0) is 24.6 Å². The molecule has 5 heteroatoms. The van der Waals surface area contributed by atoms with Crippen molar-refractivity contribution in [3.05, 3.63) is 78.6 Å². The van der Waals surface area contributed by atoms with Crippen LogP contribution < -0.4 is 10.5 Å². The van der Waals surface area contributed by atoms with Crippen molar-refractivity contribution >= 4 is 5.69 Å². The Labute approximate surface area is 130 Å². The summed E-state index contributed by atoms with van der Waals surface area (Å²) in [7, 11) is 0. The monoisotopic (exact) mass is 297 g/mol. The van der Waals surface area contributed by atoms with Gasteiger partial charge >= 0.3 is 0 Å². The molecule has 2 aromatic carbocycles. The lowest BCUT2D eigenvalue weighted by atomic mass is 10.2. The molecule has 1 aliphatic rings. The van der Waals surface area contributed by atoms with Crippen molar-refractivity contribution in [3.63, 3.8) is 0 Å². The van der Waals surface area contributed by atoms with E-state index in [1.165, 1.54) is 5.17 Å². The summed E-state index contributed by atoms with van der Waals surface area (Å²) in [6.45, 7) is 2.38. The number of hydrazine groups is 2. The van der Waals surface area contributed by atoms with E-state index >= 15 is 0 Å². The second-order valence-electron chi connectivity index (χ2n) is 4.90. The van der Waals surface area contributed by atoms with E-state index in [0.717, 1.165) is 11.3 Å². The summed E-state index contributed by atoms with van der Waals surface area (Å²) < 4.78 is 5.67. The molecular formula is C17H19N3O2. The van der Waals surface area contributed by atoms with E-state index in [1.54, 1.807) is 6.20 Å². The molecule has 22 heavy (non-hydrogen) atoms. The fraction of sp³-hybridized carbons (Fsp3) is 0.176. The predicted molar refractivity (Wildman–Crippen MR) is 84.8 cm³/mol. The van der Waals surface area contributed by atoms with E-state index in [1.807, 2.05) is 78.8 Å². The number of para-hydroxylation sites is 1. The number of nitrogens with zero attached hydrogens (tertiary/aromatic N) is 2. The van der Waals surface area contributed by atoms with Gasteiger partial charge in [0.2, 0.25) is 0 Å². The number of nitrogens with one attached hydrogen (secondary N) is 1. The van der Waals surface area contributed by atoms with Gasteiger partial charge in [-0.3, -0.25) is 5.01 Å². The molecule has 0 saturated carbocycles. The average Bonchev–Trinajstić information content (AvgIpc) is 3.03. The summed E-state index contributed by atoms with van der Waals surface area (Å²) in [5.41, 5.74) is 5.24. The van der Waals surface area contributed by atoms with Crippen LogP contribution in [0.3, 0.4) is 0 Å². The van der Waals surface area contributed by atoms with Crippen molar-refractivity contribution in [2.24, 2.45) is 0 Å². The van der Waals surface area contributed by atoms with Crippen LogP contribution in [0.5, 0.6) is 0 Å². The van der Waals surface area contributed by atoms with Gasteiger partial charge in [0.1, 0.15) is 0 Å². The number of ether oxygens (including phenoxy) is 1. The first-order valence-corrected chi connectivity index (χ1v) is 7.22. The Morgan fingerprint density at radius 2 is 1.64 bits per heavy atom. The molecule has 0 saturated heterocycles. The second-order valence-corrected chi connectivity index (χ2v) is 4.90. The highest BCUT2D eigenvalue weighted by molar-refractivity contribution is 5.47. The zero-order valence-electron chi connectivity index (χ0n) is 12.4. The molecule has 1 N–H and O–H groups in total. The van der Waals surface area contributed by atoms with Crippen LogP contribution in [0.15, 0.2) is 73.1 Å². The average molecular weight is 297 g/mol. The summed E-state index contributed by atoms with van der Waals surface area (Å²) >= 11 is 0. The van der Waals surface area contributed by atoms with Crippen molar-refractivity contribution < 1.29 is 9.57 Å². The van der Waals surface area contributed by atoms with Gasteiger partial charge in [0.25, 0.3) is 0 Å². The highest BCUT2D eigenvalue weighted by Gasteiger charge is 2.16. The van der Waals surface area contributed by atoms with Crippen molar-refractivity contribution in [1.29, 1.82) is 0 Å². The normalized spacial score (nSPS) is 15.3. The van der Waals surface area contributed by atoms with E-state index in [4.69, 9.17) is 9.57 Å². The molecule has 0 aliphatic carbocycles. The van der Waals surface area contributed by atoms with Crippen LogP contribution in [0.2, 0.25) is 0 Å². The predicted octanol–water partition coefficient (Wildman–Crippen LogP) is 3.19. The zero-order valence-corrected chi connectivity index (χ0v) is 12.4. The van der Waals surface area contributed by atoms with Crippen LogP contribution in [0.4, 0.5) is 5.69 Å². The molecule has 1 aliphatic heterocycles. The van der Waals surface area contributed by atoms with Crippen LogP contribution in [-0.2, 0) is 16.2 Å². The maximum absolute atomic E-state index is 5.67. The minimum absolute atomic E-state index is 0.368. The molecule has 0 fully saturated rings. The standard InChI is InChI=1S/C17H19N3O2/c1-15(21-14-16-8-4-2-5-9-16)22-20-13-12-19(18-20)17-10-6-3-7-11-17/h2-13,15,18H,14H2,1H3. The van der Waals surface area contributed by atoms with Gasteiger partial charge in [0, 0.05) is 6.20 Å². The van der Waals surface area contributed by atoms with Crippen molar-refractivity contribution in [3.8, 4) is 0 Å². The number of hydroxylamine groups is 1. The van der Waals surface area contributed by atoms with E-state index in [-0.39, 0.29) is 6.29 Å². The third kappa shape index (κ3) is 3.85. The van der Waals surface area contributed by atoms with Crippen molar-refractivity contribution in [1.82, 2.24) is 10.7 Å². The van der Waals surface area contributed by atoms with E-state index in [9.17, 15) is 0 Å². The van der Waals surface area contributed by atoms with Gasteiger partial charge in [-0.1, -0.05) is 48.5 Å². The maximum atomic E-state index is 5.67. The highest BCUT2D eigenvalue weighted by Crippen LogP contribution is 2.16. The first kappa shape index (κ1) is 14.6. The summed E-state index contributed by atoms with van der Waals surface area (Å²) in [4.78, 5) is 5.66. The van der Waals surface area contributed by atoms with E-state index in [2.05, 4.69) is 5.53 Å². The molecule has 1 heterocycles. The molecular weight excluding hydrogens is 278 g/mol. The summed E-state index contributed by atoms with van der Waals surface area (Å²) in [5, 5.41) is 3.40. The Balaban J connectivity index is 1.45. The van der Waals surface area contributed by atoms with Crippen LogP contribution in [0.1, 0.15) is 12.5 Å². The van der Waals surface area contributed by atoms with Crippen molar-refractivity contribution in [2.75, 3.05) is 5.01 Å². The second kappa shape index (κ2) is 7.09. The van der Waals surface area contributed by atoms with Gasteiger partial charge in [-0.2, -0.15) is 5.17 Å². The van der Waals surface area contributed by atoms with Gasteiger partial charge in [-0.15, -0.1) is 5.53 Å². The van der Waals surface area contributed by atoms with Crippen molar-refractivity contribution in [2.45, 2.75) is 19.8 Å². The fourth-order valence-electron chi connectivity index (χ4n) is 2.07. The number of benzene rings is 2. The first-order chi connectivity index (χ1) is 10.8. The third-order valence-corrected chi connectivity index (χ3v) is 3.18. The molecule has 0 spiro atoms. The van der Waals surface area contributed by atoms with Gasteiger partial charge < -0.3 is 4.74 Å². The Hall–Kier alpha value is -2.34. The Morgan fingerprint density at radius 1 is 0.955 bits per heavy atom. The number of rotatable bonds is 6. The topological polar surface area (TPSA) is 37.0 Å². The molecule has 114 valence electrons. The Bertz CT molecular complexity index is 604. The van der Waals surface area contributed by atoms with Crippen LogP contribution in [-0.4, -0.2) is 11.5 Å². The molecule has 0 bridgehead atoms. The molecule has 0 radical (unpaired) electrons. The van der Waals surface area contributed by atoms with E-state index in [0.29, 0.717) is 6.61 Å². The SMILES string of the molecule is CC(OCc1ccccc1)ON1C=CN(c2ccccc2)N1. The van der Waals surface area contributed by atoms with Crippen LogP contribution in [0, 0.1) is 0 Å². The quantitative estimate of drug-likeness (QED) is 0.829. The third-order valence-electron chi connectivity index (χ3n) is 3.18. The number of hydrogen-bond acceptors (Lipinski definition) is 5. The Kier molecular flexibility index (Phi) is 4.70. The summed E-state index contributed by atoms with van der Waals surface area (Å²) in [6, 6.07) is 20.0. The summed E-state index contributed by atoms with van der Waals surface area (Å²) in [5.74, 6) is 0. The number of anilines is 1. The van der Waals surface area contributed by atoms with E-state index < -0.39 is 0 Å². The molecule has 3 rings (SSSR count). The highest BCUT2D eigenvalue weighted by atomic mass is 16.8. The van der Waals surface area contributed by atoms with Crippen LogP contribution >= 0.6 is 0 Å². The van der Waals surface area contributed by atoms with Gasteiger partial charge in [0.15, 0.2) is 6.29 Å².